The van der Waals surface area contributed by atoms with E-state index in [4.69, 9.17) is 5.73 Å². The van der Waals surface area contributed by atoms with E-state index in [1.165, 1.54) is 24.1 Å². The fourth-order valence-electron chi connectivity index (χ4n) is 3.08. The van der Waals surface area contributed by atoms with Crippen LogP contribution in [0.4, 0.5) is 0 Å². The molecule has 1 unspecified atom stereocenters. The molecular weight excluding hydrogens is 258 g/mol. The highest BCUT2D eigenvalue weighted by atomic mass is 15.2. The summed E-state index contributed by atoms with van der Waals surface area (Å²) in [7, 11) is 2.21. The Balaban J connectivity index is 2.13. The number of likely N-dealkylation sites (N-methyl/N-ethyl adjacent to an activating group) is 1. The van der Waals surface area contributed by atoms with Gasteiger partial charge in [0.05, 0.1) is 0 Å². The normalized spacial score (nSPS) is 20.2. The number of rotatable bonds is 3. The quantitative estimate of drug-likeness (QED) is 0.928. The maximum Gasteiger partial charge on any atom is 0.0471 e. The van der Waals surface area contributed by atoms with Gasteiger partial charge in [0.2, 0.25) is 0 Å². The molecule has 0 amide bonds. The second-order valence-corrected chi connectivity index (χ2v) is 7.32. The maximum absolute atomic E-state index is 6.09. The van der Waals surface area contributed by atoms with E-state index in [0.717, 1.165) is 19.6 Å². The molecule has 1 fully saturated rings. The lowest BCUT2D eigenvalue weighted by molar-refractivity contribution is 0.208. The standard InChI is InChI=1S/C18H31N3/c1-18(2,3)16-8-6-15(7-9-16)17(14-19)21-11-5-10-20(4)12-13-21/h6-9,17H,5,10-14,19H2,1-4H3. The molecule has 0 aliphatic carbocycles. The molecule has 1 atom stereocenters. The summed E-state index contributed by atoms with van der Waals surface area (Å²) >= 11 is 0. The van der Waals surface area contributed by atoms with Crippen LogP contribution in [0.1, 0.15) is 44.4 Å². The zero-order valence-corrected chi connectivity index (χ0v) is 14.1. The van der Waals surface area contributed by atoms with Gasteiger partial charge in [0.25, 0.3) is 0 Å². The monoisotopic (exact) mass is 289 g/mol. The van der Waals surface area contributed by atoms with Crippen molar-refractivity contribution in [2.75, 3.05) is 39.8 Å². The second kappa shape index (κ2) is 6.91. The van der Waals surface area contributed by atoms with Gasteiger partial charge in [0, 0.05) is 32.2 Å². The Labute approximate surface area is 130 Å². The largest absolute Gasteiger partial charge is 0.329 e. The van der Waals surface area contributed by atoms with Crippen molar-refractivity contribution in [2.24, 2.45) is 5.73 Å². The lowest BCUT2D eigenvalue weighted by Gasteiger charge is -2.30. The molecule has 1 aliphatic rings. The predicted octanol–water partition coefficient (Wildman–Crippen LogP) is 2.62. The first-order valence-electron chi connectivity index (χ1n) is 8.15. The van der Waals surface area contributed by atoms with Crippen molar-refractivity contribution in [2.45, 2.75) is 38.6 Å². The van der Waals surface area contributed by atoms with Crippen LogP contribution < -0.4 is 5.73 Å². The molecule has 0 bridgehead atoms. The van der Waals surface area contributed by atoms with Crippen LogP contribution in [0.3, 0.4) is 0 Å². The minimum absolute atomic E-state index is 0.210. The van der Waals surface area contributed by atoms with Crippen LogP contribution in [-0.4, -0.2) is 49.6 Å². The molecule has 1 aromatic carbocycles. The molecule has 1 aliphatic heterocycles. The Bertz CT molecular complexity index is 433. The zero-order valence-electron chi connectivity index (χ0n) is 14.1. The van der Waals surface area contributed by atoms with E-state index in [1.54, 1.807) is 0 Å². The molecule has 3 heteroatoms. The third-order valence-electron chi connectivity index (χ3n) is 4.58. The summed E-state index contributed by atoms with van der Waals surface area (Å²) in [5.74, 6) is 0. The summed E-state index contributed by atoms with van der Waals surface area (Å²) in [4.78, 5) is 4.96. The SMILES string of the molecule is CN1CCCN(C(CN)c2ccc(C(C)(C)C)cc2)CC1. The number of nitrogens with two attached hydrogens (primary N) is 1. The molecule has 1 saturated heterocycles. The van der Waals surface area contributed by atoms with Gasteiger partial charge in [-0.05, 0) is 36.6 Å². The molecule has 21 heavy (non-hydrogen) atoms. The Morgan fingerprint density at radius 2 is 1.71 bits per heavy atom. The van der Waals surface area contributed by atoms with Gasteiger partial charge in [-0.1, -0.05) is 45.0 Å². The fraction of sp³-hybridized carbons (Fsp3) is 0.667. The second-order valence-electron chi connectivity index (χ2n) is 7.32. The van der Waals surface area contributed by atoms with Crippen LogP contribution in [0.2, 0.25) is 0 Å². The Hall–Kier alpha value is -0.900. The highest BCUT2D eigenvalue weighted by Crippen LogP contribution is 2.26. The van der Waals surface area contributed by atoms with Crippen LogP contribution in [0.15, 0.2) is 24.3 Å². The summed E-state index contributed by atoms with van der Waals surface area (Å²) in [6, 6.07) is 9.43. The van der Waals surface area contributed by atoms with Gasteiger partial charge in [-0.3, -0.25) is 4.90 Å². The highest BCUT2D eigenvalue weighted by Gasteiger charge is 2.22. The van der Waals surface area contributed by atoms with Crippen molar-refractivity contribution < 1.29 is 0 Å². The van der Waals surface area contributed by atoms with Crippen molar-refractivity contribution in [3.8, 4) is 0 Å². The van der Waals surface area contributed by atoms with Gasteiger partial charge in [-0.25, -0.2) is 0 Å². The highest BCUT2D eigenvalue weighted by molar-refractivity contribution is 5.29. The van der Waals surface area contributed by atoms with Crippen molar-refractivity contribution in [1.82, 2.24) is 9.80 Å². The van der Waals surface area contributed by atoms with Crippen LogP contribution in [0.5, 0.6) is 0 Å². The van der Waals surface area contributed by atoms with Crippen LogP contribution in [0.25, 0.3) is 0 Å². The molecule has 0 spiro atoms. The zero-order chi connectivity index (χ0) is 15.5. The minimum atomic E-state index is 0.210. The van der Waals surface area contributed by atoms with Gasteiger partial charge in [-0.2, -0.15) is 0 Å². The smallest absolute Gasteiger partial charge is 0.0471 e. The summed E-state index contributed by atoms with van der Waals surface area (Å²) in [6.07, 6.45) is 1.23. The first kappa shape index (κ1) is 16.5. The van der Waals surface area contributed by atoms with Crippen molar-refractivity contribution in [1.29, 1.82) is 0 Å². The molecule has 0 saturated carbocycles. The van der Waals surface area contributed by atoms with E-state index in [0.29, 0.717) is 12.6 Å². The lowest BCUT2D eigenvalue weighted by Crippen LogP contribution is -2.36. The summed E-state index contributed by atoms with van der Waals surface area (Å²) in [5, 5.41) is 0. The van der Waals surface area contributed by atoms with Crippen molar-refractivity contribution in [3.05, 3.63) is 35.4 Å². The van der Waals surface area contributed by atoms with E-state index >= 15 is 0 Å². The van der Waals surface area contributed by atoms with E-state index in [9.17, 15) is 0 Å². The van der Waals surface area contributed by atoms with Crippen molar-refractivity contribution >= 4 is 0 Å². The van der Waals surface area contributed by atoms with Crippen LogP contribution in [0, 0.1) is 0 Å². The minimum Gasteiger partial charge on any atom is -0.329 e. The summed E-state index contributed by atoms with van der Waals surface area (Å²) < 4.78 is 0. The van der Waals surface area contributed by atoms with E-state index in [-0.39, 0.29) is 5.41 Å². The first-order valence-corrected chi connectivity index (χ1v) is 8.15. The fourth-order valence-corrected chi connectivity index (χ4v) is 3.08. The molecular formula is C18H31N3. The Morgan fingerprint density at radius 1 is 1.05 bits per heavy atom. The number of nitrogens with zero attached hydrogens (tertiary/aromatic N) is 2. The van der Waals surface area contributed by atoms with Gasteiger partial charge in [-0.15, -0.1) is 0 Å². The third-order valence-corrected chi connectivity index (χ3v) is 4.58. The van der Waals surface area contributed by atoms with Gasteiger partial charge in [0.1, 0.15) is 0 Å². The van der Waals surface area contributed by atoms with Crippen LogP contribution in [-0.2, 0) is 5.41 Å². The number of hydrogen-bond acceptors (Lipinski definition) is 3. The summed E-state index contributed by atoms with van der Waals surface area (Å²) in [5.41, 5.74) is 9.04. The molecule has 1 heterocycles. The maximum atomic E-state index is 6.09. The van der Waals surface area contributed by atoms with Gasteiger partial charge >= 0.3 is 0 Å². The van der Waals surface area contributed by atoms with Crippen molar-refractivity contribution in [3.63, 3.8) is 0 Å². The molecule has 2 N–H and O–H groups in total. The molecule has 3 nitrogen and oxygen atoms in total. The molecule has 2 rings (SSSR count). The van der Waals surface area contributed by atoms with E-state index in [2.05, 4.69) is 61.9 Å². The van der Waals surface area contributed by atoms with Gasteiger partial charge in [0.15, 0.2) is 0 Å². The molecule has 1 aromatic rings. The topological polar surface area (TPSA) is 32.5 Å². The number of hydrogen-bond donors (Lipinski definition) is 1. The average molecular weight is 289 g/mol. The van der Waals surface area contributed by atoms with Gasteiger partial charge < -0.3 is 10.6 Å². The lowest BCUT2D eigenvalue weighted by atomic mass is 9.86. The molecule has 0 radical (unpaired) electrons. The Morgan fingerprint density at radius 3 is 2.29 bits per heavy atom. The van der Waals surface area contributed by atoms with E-state index < -0.39 is 0 Å². The summed E-state index contributed by atoms with van der Waals surface area (Å²) in [6.45, 7) is 12.0. The molecule has 118 valence electrons. The Kier molecular flexibility index (Phi) is 5.42. The van der Waals surface area contributed by atoms with Crippen LogP contribution >= 0.6 is 0 Å². The molecule has 0 aromatic heterocycles. The first-order chi connectivity index (χ1) is 9.91. The predicted molar refractivity (Wildman–Crippen MR) is 90.6 cm³/mol. The average Bonchev–Trinajstić information content (AvgIpc) is 2.65. The van der Waals surface area contributed by atoms with E-state index in [1.807, 2.05) is 0 Å². The third kappa shape index (κ3) is 4.29. The number of benzene rings is 1.